The lowest BCUT2D eigenvalue weighted by Crippen LogP contribution is -2.24. The molecule has 0 amide bonds. The van der Waals surface area contributed by atoms with E-state index in [2.05, 4.69) is 28.9 Å². The number of aliphatic imine (C=N–C) groups is 1. The van der Waals surface area contributed by atoms with Crippen molar-refractivity contribution < 1.29 is 17.9 Å². The molecule has 3 nitrogen and oxygen atoms in total. The minimum absolute atomic E-state index is 0.241. The van der Waals surface area contributed by atoms with E-state index in [1.165, 1.54) is 18.2 Å². The van der Waals surface area contributed by atoms with E-state index in [0.717, 1.165) is 17.3 Å². The minimum atomic E-state index is -4.68. The number of hydrogen-bond acceptors (Lipinski definition) is 4. The van der Waals surface area contributed by atoms with Gasteiger partial charge < -0.3 is 10.1 Å². The molecule has 1 unspecified atom stereocenters. The number of hydrogen-bond donors (Lipinski definition) is 1. The number of ether oxygens (including phenoxy) is 1. The topological polar surface area (TPSA) is 33.6 Å². The normalized spacial score (nSPS) is 19.3. The van der Waals surface area contributed by atoms with Gasteiger partial charge in [0.2, 0.25) is 0 Å². The predicted molar refractivity (Wildman–Crippen MR) is 79.9 cm³/mol. The van der Waals surface area contributed by atoms with Crippen LogP contribution in [0.4, 0.5) is 18.9 Å². The van der Waals surface area contributed by atoms with Crippen LogP contribution in [-0.2, 0) is 0 Å². The largest absolute Gasteiger partial charge is 0.573 e. The van der Waals surface area contributed by atoms with Crippen LogP contribution in [0.25, 0.3) is 0 Å². The summed E-state index contributed by atoms with van der Waals surface area (Å²) in [7, 11) is 0. The highest BCUT2D eigenvalue weighted by Gasteiger charge is 2.31. The molecule has 21 heavy (non-hydrogen) atoms. The molecule has 116 valence electrons. The molecular weight excluding hydrogens is 301 g/mol. The van der Waals surface area contributed by atoms with Crippen LogP contribution >= 0.6 is 11.8 Å². The first-order valence-corrected chi connectivity index (χ1v) is 7.65. The van der Waals surface area contributed by atoms with Gasteiger partial charge in [-0.2, -0.15) is 0 Å². The summed E-state index contributed by atoms with van der Waals surface area (Å²) < 4.78 is 40.5. The highest BCUT2D eigenvalue weighted by Crippen LogP contribution is 2.27. The molecule has 7 heteroatoms. The third kappa shape index (κ3) is 5.15. The molecule has 1 aliphatic rings. The number of rotatable bonds is 3. The fourth-order valence-electron chi connectivity index (χ4n) is 1.97. The molecule has 0 aromatic heterocycles. The Labute approximate surface area is 126 Å². The van der Waals surface area contributed by atoms with Crippen LogP contribution in [0.2, 0.25) is 0 Å². The average molecular weight is 318 g/mol. The number of nitrogens with zero attached hydrogens (tertiary/aromatic N) is 1. The number of halogens is 3. The third-order valence-electron chi connectivity index (χ3n) is 3.02. The van der Waals surface area contributed by atoms with Crippen molar-refractivity contribution in [2.75, 3.05) is 11.1 Å². The van der Waals surface area contributed by atoms with Crippen LogP contribution in [0.1, 0.15) is 20.3 Å². The number of nitrogens with one attached hydrogen (secondary N) is 1. The van der Waals surface area contributed by atoms with E-state index >= 15 is 0 Å². The number of anilines is 1. The van der Waals surface area contributed by atoms with Crippen LogP contribution in [0.15, 0.2) is 29.3 Å². The third-order valence-corrected chi connectivity index (χ3v) is 3.94. The molecule has 1 aromatic carbocycles. The van der Waals surface area contributed by atoms with Gasteiger partial charge in [0.05, 0.1) is 6.04 Å². The highest BCUT2D eigenvalue weighted by molar-refractivity contribution is 8.14. The Kier molecular flexibility index (Phi) is 5.03. The molecule has 1 atom stereocenters. The second kappa shape index (κ2) is 6.60. The van der Waals surface area contributed by atoms with Crippen molar-refractivity contribution in [3.05, 3.63) is 24.3 Å². The van der Waals surface area contributed by atoms with E-state index in [9.17, 15) is 13.2 Å². The van der Waals surface area contributed by atoms with Gasteiger partial charge in [-0.3, -0.25) is 4.99 Å². The van der Waals surface area contributed by atoms with E-state index in [-0.39, 0.29) is 11.8 Å². The van der Waals surface area contributed by atoms with Crippen LogP contribution < -0.4 is 10.1 Å². The van der Waals surface area contributed by atoms with Gasteiger partial charge in [0.15, 0.2) is 5.17 Å². The highest BCUT2D eigenvalue weighted by atomic mass is 32.2. The van der Waals surface area contributed by atoms with Gasteiger partial charge in [0.25, 0.3) is 0 Å². The van der Waals surface area contributed by atoms with Crippen molar-refractivity contribution in [3.63, 3.8) is 0 Å². The van der Waals surface area contributed by atoms with Gasteiger partial charge in [-0.25, -0.2) is 0 Å². The molecule has 1 heterocycles. The SMILES string of the molecule is CC(C)C1CCSC(Nc2cccc(OC(F)(F)F)c2)=N1. The molecule has 0 fully saturated rings. The smallest absolute Gasteiger partial charge is 0.406 e. The summed E-state index contributed by atoms with van der Waals surface area (Å²) in [6, 6.07) is 6.03. The van der Waals surface area contributed by atoms with Crippen molar-refractivity contribution >= 4 is 22.6 Å². The Hall–Kier alpha value is -1.37. The van der Waals surface area contributed by atoms with Crippen molar-refractivity contribution in [1.82, 2.24) is 0 Å². The van der Waals surface area contributed by atoms with Gasteiger partial charge in [-0.15, -0.1) is 13.2 Å². The number of thioether (sulfide) groups is 1. The summed E-state index contributed by atoms with van der Waals surface area (Å²) in [5.41, 5.74) is 0.535. The van der Waals surface area contributed by atoms with Gasteiger partial charge in [-0.1, -0.05) is 31.7 Å². The molecule has 1 N–H and O–H groups in total. The Morgan fingerprint density at radius 2 is 2.14 bits per heavy atom. The van der Waals surface area contributed by atoms with Gasteiger partial charge in [0.1, 0.15) is 5.75 Å². The molecule has 1 aliphatic heterocycles. The minimum Gasteiger partial charge on any atom is -0.406 e. The Morgan fingerprint density at radius 1 is 1.38 bits per heavy atom. The van der Waals surface area contributed by atoms with Gasteiger partial charge in [0, 0.05) is 17.5 Å². The molecule has 1 aromatic rings. The molecule has 0 saturated heterocycles. The fourth-order valence-corrected chi connectivity index (χ4v) is 2.93. The number of alkyl halides is 3. The van der Waals surface area contributed by atoms with Crippen LogP contribution in [0.5, 0.6) is 5.75 Å². The quantitative estimate of drug-likeness (QED) is 0.890. The van der Waals surface area contributed by atoms with E-state index in [4.69, 9.17) is 0 Å². The van der Waals surface area contributed by atoms with Crippen molar-refractivity contribution in [3.8, 4) is 5.75 Å². The second-order valence-electron chi connectivity index (χ2n) is 5.08. The van der Waals surface area contributed by atoms with E-state index < -0.39 is 6.36 Å². The van der Waals surface area contributed by atoms with E-state index in [1.807, 2.05) is 0 Å². The summed E-state index contributed by atoms with van der Waals surface area (Å²) in [5.74, 6) is 1.16. The molecule has 0 spiro atoms. The Balaban J connectivity index is 2.07. The van der Waals surface area contributed by atoms with Crippen LogP contribution in [-0.4, -0.2) is 23.3 Å². The van der Waals surface area contributed by atoms with Crippen LogP contribution in [0.3, 0.4) is 0 Å². The van der Waals surface area contributed by atoms with Crippen molar-refractivity contribution in [2.24, 2.45) is 10.9 Å². The first-order valence-electron chi connectivity index (χ1n) is 6.67. The summed E-state index contributed by atoms with van der Waals surface area (Å²) >= 11 is 1.57. The molecule has 0 radical (unpaired) electrons. The standard InChI is InChI=1S/C14H17F3N2OS/c1-9(2)12-6-7-21-13(19-12)18-10-4-3-5-11(8-10)20-14(15,16)17/h3-5,8-9,12H,6-7H2,1-2H3,(H,18,19). The maximum absolute atomic E-state index is 12.2. The lowest BCUT2D eigenvalue weighted by atomic mass is 10.0. The predicted octanol–water partition coefficient (Wildman–Crippen LogP) is 4.51. The van der Waals surface area contributed by atoms with Crippen molar-refractivity contribution in [2.45, 2.75) is 32.7 Å². The maximum atomic E-state index is 12.2. The Bertz CT molecular complexity index is 517. The summed E-state index contributed by atoms with van der Waals surface area (Å²) in [5, 5.41) is 3.80. The number of benzene rings is 1. The lowest BCUT2D eigenvalue weighted by molar-refractivity contribution is -0.274. The molecular formula is C14H17F3N2OS. The summed E-state index contributed by atoms with van der Waals surface area (Å²) in [6.45, 7) is 4.22. The molecule has 2 rings (SSSR count). The van der Waals surface area contributed by atoms with Gasteiger partial charge >= 0.3 is 6.36 Å². The first-order chi connectivity index (χ1) is 9.83. The van der Waals surface area contributed by atoms with E-state index in [1.54, 1.807) is 17.8 Å². The van der Waals surface area contributed by atoms with Crippen molar-refractivity contribution in [1.29, 1.82) is 0 Å². The molecule has 0 bridgehead atoms. The summed E-state index contributed by atoms with van der Waals surface area (Å²) in [6.07, 6.45) is -3.66. The molecule has 0 saturated carbocycles. The zero-order valence-electron chi connectivity index (χ0n) is 11.8. The zero-order valence-corrected chi connectivity index (χ0v) is 12.6. The van der Waals surface area contributed by atoms with Gasteiger partial charge in [-0.05, 0) is 24.5 Å². The maximum Gasteiger partial charge on any atom is 0.573 e. The van der Waals surface area contributed by atoms with Crippen LogP contribution in [0, 0.1) is 5.92 Å². The monoisotopic (exact) mass is 318 g/mol. The summed E-state index contributed by atoms with van der Waals surface area (Å²) in [4.78, 5) is 4.59. The Morgan fingerprint density at radius 3 is 2.81 bits per heavy atom. The van der Waals surface area contributed by atoms with E-state index in [0.29, 0.717) is 11.6 Å². The lowest BCUT2D eigenvalue weighted by Gasteiger charge is -2.23. The first kappa shape index (κ1) is 16.0. The fraction of sp³-hybridized carbons (Fsp3) is 0.500. The number of amidine groups is 1. The average Bonchev–Trinajstić information content (AvgIpc) is 2.37. The molecule has 0 aliphatic carbocycles. The second-order valence-corrected chi connectivity index (χ2v) is 6.17. The zero-order chi connectivity index (χ0) is 15.5.